The van der Waals surface area contributed by atoms with Gasteiger partial charge in [0.05, 0.1) is 6.10 Å². The summed E-state index contributed by atoms with van der Waals surface area (Å²) < 4.78 is 0. The minimum absolute atomic E-state index is 0.0117. The fourth-order valence-electron chi connectivity index (χ4n) is 7.39. The van der Waals surface area contributed by atoms with Crippen LogP contribution in [0.2, 0.25) is 0 Å². The Morgan fingerprint density at radius 3 is 2.42 bits per heavy atom. The second-order valence-corrected chi connectivity index (χ2v) is 11.8. The zero-order chi connectivity index (χ0) is 27.3. The maximum Gasteiger partial charge on any atom is 0.143 e. The molecule has 1 N–H and O–H groups in total. The minimum atomic E-state index is -0.200. The molecule has 4 nitrogen and oxygen atoms in total. The van der Waals surface area contributed by atoms with Crippen molar-refractivity contribution < 1.29 is 9.90 Å². The summed E-state index contributed by atoms with van der Waals surface area (Å²) in [5, 5.41) is 11.0. The van der Waals surface area contributed by atoms with E-state index in [0.29, 0.717) is 17.8 Å². The molecule has 3 aliphatic rings. The van der Waals surface area contributed by atoms with Gasteiger partial charge in [-0.1, -0.05) is 51.0 Å². The molecule has 1 aromatic carbocycles. The van der Waals surface area contributed by atoms with Crippen LogP contribution >= 0.6 is 0 Å². The van der Waals surface area contributed by atoms with Gasteiger partial charge in [-0.25, -0.2) is 0 Å². The molecule has 5 atom stereocenters. The number of carbonyl (C=O) groups excluding carboxylic acids is 1. The van der Waals surface area contributed by atoms with Crippen LogP contribution in [0.25, 0.3) is 0 Å². The van der Waals surface area contributed by atoms with Crippen LogP contribution in [0.4, 0.5) is 5.69 Å². The minimum Gasteiger partial charge on any atom is -0.393 e. The number of aliphatic hydroxyl groups excluding tert-OH is 1. The molecule has 2 saturated carbocycles. The summed E-state index contributed by atoms with van der Waals surface area (Å²) in [6.07, 6.45) is 12.8. The second-order valence-electron chi connectivity index (χ2n) is 11.8. The van der Waals surface area contributed by atoms with Crippen molar-refractivity contribution in [1.82, 2.24) is 4.98 Å². The third kappa shape index (κ3) is 5.66. The third-order valence-corrected chi connectivity index (χ3v) is 9.39. The van der Waals surface area contributed by atoms with Crippen LogP contribution in [-0.2, 0) is 11.2 Å². The number of nitrogens with zero attached hydrogens (tertiary/aromatic N) is 2. The summed E-state index contributed by atoms with van der Waals surface area (Å²) >= 11 is 0. The lowest BCUT2D eigenvalue weighted by atomic mass is 9.53. The predicted octanol–water partition coefficient (Wildman–Crippen LogP) is 7.29. The summed E-state index contributed by atoms with van der Waals surface area (Å²) in [4.78, 5) is 17.6. The van der Waals surface area contributed by atoms with Crippen LogP contribution in [0.5, 0.6) is 0 Å². The first-order chi connectivity index (χ1) is 18.3. The lowest BCUT2D eigenvalue weighted by Crippen LogP contribution is -2.44. The Kier molecular flexibility index (Phi) is 9.25. The average Bonchev–Trinajstić information content (AvgIpc) is 3.24. The molecular weight excluding hydrogens is 468 g/mol. The molecule has 0 radical (unpaired) electrons. The van der Waals surface area contributed by atoms with Crippen LogP contribution in [0, 0.1) is 17.3 Å². The maximum absolute atomic E-state index is 11.4. The lowest BCUT2D eigenvalue weighted by molar-refractivity contribution is -0.104. The van der Waals surface area contributed by atoms with Crippen molar-refractivity contribution in [2.45, 2.75) is 84.2 Å². The van der Waals surface area contributed by atoms with Gasteiger partial charge in [-0.3, -0.25) is 9.78 Å². The molecule has 0 bridgehead atoms. The quantitative estimate of drug-likeness (QED) is 0.325. The predicted molar refractivity (Wildman–Crippen MR) is 157 cm³/mol. The zero-order valence-electron chi connectivity index (χ0n) is 24.0. The molecule has 0 spiro atoms. The number of anilines is 1. The molecule has 5 rings (SSSR count). The summed E-state index contributed by atoms with van der Waals surface area (Å²) in [5.41, 5.74) is 8.02. The highest BCUT2D eigenvalue weighted by atomic mass is 16.3. The topological polar surface area (TPSA) is 53.4 Å². The van der Waals surface area contributed by atoms with Gasteiger partial charge in [-0.15, -0.1) is 0 Å². The number of carbonyl (C=O) groups is 1. The van der Waals surface area contributed by atoms with E-state index in [1.54, 1.807) is 5.57 Å². The molecule has 4 heteroatoms. The number of rotatable bonds is 6. The van der Waals surface area contributed by atoms with E-state index in [4.69, 9.17) is 0 Å². The van der Waals surface area contributed by atoms with Crippen molar-refractivity contribution in [3.8, 4) is 0 Å². The summed E-state index contributed by atoms with van der Waals surface area (Å²) in [7, 11) is 4.15. The van der Waals surface area contributed by atoms with E-state index in [0.717, 1.165) is 63.3 Å². The molecule has 2 aromatic rings. The lowest BCUT2D eigenvalue weighted by Gasteiger charge is -2.51. The molecule has 38 heavy (non-hydrogen) atoms. The van der Waals surface area contributed by atoms with Crippen molar-refractivity contribution in [1.29, 1.82) is 0 Å². The van der Waals surface area contributed by atoms with Gasteiger partial charge in [0, 0.05) is 37.6 Å². The van der Waals surface area contributed by atoms with Crippen molar-refractivity contribution in [2.75, 3.05) is 19.0 Å². The first-order valence-corrected chi connectivity index (χ1v) is 14.6. The number of fused-ring (bicyclic) bond motifs is 3. The van der Waals surface area contributed by atoms with Gasteiger partial charge in [0.2, 0.25) is 0 Å². The van der Waals surface area contributed by atoms with E-state index >= 15 is 0 Å². The van der Waals surface area contributed by atoms with E-state index in [-0.39, 0.29) is 11.5 Å². The first kappa shape index (κ1) is 28.3. The smallest absolute Gasteiger partial charge is 0.143 e. The Balaban J connectivity index is 0.000000360. The van der Waals surface area contributed by atoms with Gasteiger partial charge < -0.3 is 10.0 Å². The number of hydrogen-bond acceptors (Lipinski definition) is 4. The standard InChI is InChI=1S/C27H37NO2.C7H9N/c1-5-6-21-19(15-16-29)9-12-22-24-13-14-25(30)27(24,2)17-23(26(21)22)18-7-10-20(11-8-18)28(3)4;1-2-7-5-3-4-6-8-7/h7-8,10-11,15-16,22-25,30H,5-6,9,12-14,17H2,1-4H3;3-6H,2H2,1H3/b19-15-;. The van der Waals surface area contributed by atoms with Gasteiger partial charge in [0.25, 0.3) is 0 Å². The van der Waals surface area contributed by atoms with Gasteiger partial charge in [-0.2, -0.15) is 0 Å². The zero-order valence-corrected chi connectivity index (χ0v) is 24.0. The first-order valence-electron chi connectivity index (χ1n) is 14.6. The van der Waals surface area contributed by atoms with E-state index < -0.39 is 0 Å². The summed E-state index contributed by atoms with van der Waals surface area (Å²) in [6, 6.07) is 15.0. The second kappa shape index (κ2) is 12.4. The maximum atomic E-state index is 11.4. The molecule has 3 aliphatic carbocycles. The van der Waals surface area contributed by atoms with Crippen LogP contribution in [-0.4, -0.2) is 36.6 Å². The Morgan fingerprint density at radius 1 is 1.08 bits per heavy atom. The number of aryl methyl sites for hydroxylation is 1. The normalized spacial score (nSPS) is 29.3. The van der Waals surface area contributed by atoms with E-state index in [1.807, 2.05) is 30.5 Å². The van der Waals surface area contributed by atoms with Crippen molar-refractivity contribution in [2.24, 2.45) is 17.3 Å². The number of aldehydes is 1. The number of aromatic nitrogens is 1. The summed E-state index contributed by atoms with van der Waals surface area (Å²) in [6.45, 7) is 6.68. The number of hydrogen-bond donors (Lipinski definition) is 1. The molecule has 2 fully saturated rings. The van der Waals surface area contributed by atoms with Crippen LogP contribution < -0.4 is 4.90 Å². The number of benzene rings is 1. The largest absolute Gasteiger partial charge is 0.393 e. The van der Waals surface area contributed by atoms with Crippen molar-refractivity contribution in [3.63, 3.8) is 0 Å². The van der Waals surface area contributed by atoms with Crippen molar-refractivity contribution in [3.05, 3.63) is 82.7 Å². The fraction of sp³-hybridized carbons (Fsp3) is 0.529. The van der Waals surface area contributed by atoms with Crippen molar-refractivity contribution >= 4 is 12.0 Å². The molecule has 5 unspecified atom stereocenters. The Bertz CT molecular complexity index is 1130. The van der Waals surface area contributed by atoms with Gasteiger partial charge in [0.15, 0.2) is 0 Å². The highest BCUT2D eigenvalue weighted by Gasteiger charge is 2.56. The summed E-state index contributed by atoms with van der Waals surface area (Å²) in [5.74, 6) is 1.42. The number of aliphatic hydroxyl groups is 1. The van der Waals surface area contributed by atoms with Crippen LogP contribution in [0.3, 0.4) is 0 Å². The highest BCUT2D eigenvalue weighted by molar-refractivity contribution is 5.69. The van der Waals surface area contributed by atoms with Gasteiger partial charge >= 0.3 is 0 Å². The molecule has 0 saturated heterocycles. The molecule has 1 aromatic heterocycles. The monoisotopic (exact) mass is 514 g/mol. The van der Waals surface area contributed by atoms with Gasteiger partial charge in [-0.05, 0) is 109 Å². The SMILES string of the molecule is CCCC1=C2C(c3ccc(N(C)C)cc3)CC3(C)C(O)CCC3C2CC/C1=C/C=O.CCc1ccccn1. The number of pyridine rings is 1. The molecular formula is C34H46N2O2. The fourth-order valence-corrected chi connectivity index (χ4v) is 7.39. The Morgan fingerprint density at radius 2 is 1.84 bits per heavy atom. The highest BCUT2D eigenvalue weighted by Crippen LogP contribution is 2.63. The molecule has 0 aliphatic heterocycles. The van der Waals surface area contributed by atoms with Crippen LogP contribution in [0.1, 0.15) is 82.9 Å². The van der Waals surface area contributed by atoms with E-state index in [1.165, 1.54) is 22.4 Å². The Hall–Kier alpha value is -2.72. The molecule has 1 heterocycles. The van der Waals surface area contributed by atoms with E-state index in [2.05, 4.69) is 69.0 Å². The Labute approximate surface area is 229 Å². The van der Waals surface area contributed by atoms with Gasteiger partial charge in [0.1, 0.15) is 6.29 Å². The third-order valence-electron chi connectivity index (χ3n) is 9.39. The molecule has 0 amide bonds. The van der Waals surface area contributed by atoms with Crippen LogP contribution in [0.15, 0.2) is 71.5 Å². The molecule has 204 valence electrons. The average molecular weight is 515 g/mol. The van der Waals surface area contributed by atoms with E-state index in [9.17, 15) is 9.90 Å². The number of allylic oxidation sites excluding steroid dienone is 4.